The van der Waals surface area contributed by atoms with Crippen LogP contribution in [0.1, 0.15) is 39.5 Å². The molecular weight excluding hydrogens is 276 g/mol. The fraction of sp³-hybridized carbons (Fsp3) is 0.667. The Morgan fingerprint density at radius 3 is 2.55 bits per heavy atom. The van der Waals surface area contributed by atoms with Crippen LogP contribution in [0.5, 0.6) is 5.75 Å². The van der Waals surface area contributed by atoms with E-state index in [4.69, 9.17) is 4.74 Å². The van der Waals surface area contributed by atoms with E-state index in [1.54, 1.807) is 7.11 Å². The number of nitrogens with zero attached hydrogens (tertiary/aromatic N) is 1. The van der Waals surface area contributed by atoms with Crippen molar-refractivity contribution < 1.29 is 9.84 Å². The lowest BCUT2D eigenvalue weighted by Crippen LogP contribution is -2.47. The van der Waals surface area contributed by atoms with Gasteiger partial charge < -0.3 is 20.1 Å². The molecule has 0 bridgehead atoms. The van der Waals surface area contributed by atoms with Gasteiger partial charge in [0.2, 0.25) is 0 Å². The Bertz CT molecular complexity index is 452. The molecule has 1 saturated heterocycles. The molecule has 0 saturated carbocycles. The molecule has 1 aliphatic rings. The van der Waals surface area contributed by atoms with E-state index >= 15 is 0 Å². The Hall–Kier alpha value is -1.26. The van der Waals surface area contributed by atoms with Gasteiger partial charge in [-0.3, -0.25) is 0 Å². The van der Waals surface area contributed by atoms with Crippen molar-refractivity contribution in [2.45, 2.75) is 51.2 Å². The largest absolute Gasteiger partial charge is 0.497 e. The molecule has 22 heavy (non-hydrogen) atoms. The van der Waals surface area contributed by atoms with E-state index in [0.717, 1.165) is 56.8 Å². The fourth-order valence-corrected chi connectivity index (χ4v) is 3.07. The van der Waals surface area contributed by atoms with Gasteiger partial charge >= 0.3 is 0 Å². The number of likely N-dealkylation sites (tertiary alicyclic amines) is 1. The van der Waals surface area contributed by atoms with Crippen LogP contribution < -0.4 is 10.1 Å². The number of β-amino-alcohol motifs (C(OH)–C–C–N with tert-alkyl or cyclic N) is 1. The molecule has 0 radical (unpaired) electrons. The Balaban J connectivity index is 1.82. The molecule has 2 N–H and O–H groups in total. The van der Waals surface area contributed by atoms with Crippen LogP contribution >= 0.6 is 0 Å². The lowest BCUT2D eigenvalue weighted by Gasteiger charge is -2.38. The number of nitrogens with one attached hydrogen (secondary N) is 1. The maximum atomic E-state index is 10.5. The molecule has 2 rings (SSSR count). The van der Waals surface area contributed by atoms with Crippen molar-refractivity contribution in [3.63, 3.8) is 0 Å². The van der Waals surface area contributed by atoms with Gasteiger partial charge in [-0.25, -0.2) is 0 Å². The van der Waals surface area contributed by atoms with Crippen LogP contribution in [0.15, 0.2) is 24.3 Å². The molecule has 0 spiro atoms. The minimum absolute atomic E-state index is 0.500. The normalized spacial score (nSPS) is 17.5. The molecule has 0 amide bonds. The minimum Gasteiger partial charge on any atom is -0.497 e. The van der Waals surface area contributed by atoms with E-state index in [1.165, 1.54) is 0 Å². The Kier molecular flexibility index (Phi) is 6.09. The number of ether oxygens (including phenoxy) is 1. The van der Waals surface area contributed by atoms with Crippen LogP contribution in [0, 0.1) is 0 Å². The molecule has 124 valence electrons. The summed E-state index contributed by atoms with van der Waals surface area (Å²) in [5.41, 5.74) is 0.601. The molecule has 1 fully saturated rings. The third-order valence-corrected chi connectivity index (χ3v) is 4.86. The highest BCUT2D eigenvalue weighted by Crippen LogP contribution is 2.23. The quantitative estimate of drug-likeness (QED) is 0.812. The van der Waals surface area contributed by atoms with E-state index in [9.17, 15) is 5.11 Å². The number of aliphatic hydroxyl groups is 1. The van der Waals surface area contributed by atoms with Crippen LogP contribution in [0.2, 0.25) is 0 Å². The summed E-state index contributed by atoms with van der Waals surface area (Å²) in [6.45, 7) is 7.03. The van der Waals surface area contributed by atoms with E-state index in [0.29, 0.717) is 6.04 Å². The molecule has 1 aromatic carbocycles. The van der Waals surface area contributed by atoms with Crippen LogP contribution in [0.25, 0.3) is 0 Å². The summed E-state index contributed by atoms with van der Waals surface area (Å²) in [6.07, 6.45) is 3.87. The van der Waals surface area contributed by atoms with Gasteiger partial charge in [0, 0.05) is 37.4 Å². The first-order chi connectivity index (χ1) is 10.6. The second kappa shape index (κ2) is 7.84. The number of hydrogen-bond donors (Lipinski definition) is 2. The van der Waals surface area contributed by atoms with Crippen molar-refractivity contribution in [3.8, 4) is 5.75 Å². The van der Waals surface area contributed by atoms with Crippen LogP contribution in [-0.4, -0.2) is 48.4 Å². The first-order valence-electron chi connectivity index (χ1n) is 8.44. The zero-order valence-electron chi connectivity index (χ0n) is 14.1. The molecule has 1 aromatic rings. The van der Waals surface area contributed by atoms with Gasteiger partial charge in [-0.2, -0.15) is 0 Å². The zero-order valence-corrected chi connectivity index (χ0v) is 14.1. The summed E-state index contributed by atoms with van der Waals surface area (Å²) in [4.78, 5) is 2.40. The summed E-state index contributed by atoms with van der Waals surface area (Å²) in [5, 5.41) is 14.1. The third-order valence-electron chi connectivity index (χ3n) is 4.86. The molecule has 4 heteroatoms. The van der Waals surface area contributed by atoms with Crippen molar-refractivity contribution in [2.75, 3.05) is 32.1 Å². The van der Waals surface area contributed by atoms with Gasteiger partial charge in [0.25, 0.3) is 0 Å². The smallest absolute Gasteiger partial charge is 0.120 e. The SMILES string of the molecule is CCC(O)(CC)CN1CCC(Nc2cccc(OC)c2)CC1. The Morgan fingerprint density at radius 2 is 1.95 bits per heavy atom. The van der Waals surface area contributed by atoms with Gasteiger partial charge in [0.15, 0.2) is 0 Å². The lowest BCUT2D eigenvalue weighted by molar-refractivity contribution is -0.00841. The van der Waals surface area contributed by atoms with Crippen molar-refractivity contribution >= 4 is 5.69 Å². The van der Waals surface area contributed by atoms with Crippen LogP contribution in [0.4, 0.5) is 5.69 Å². The Labute approximate surface area is 134 Å². The Morgan fingerprint density at radius 1 is 1.27 bits per heavy atom. The van der Waals surface area contributed by atoms with Crippen LogP contribution in [0.3, 0.4) is 0 Å². The number of anilines is 1. The molecule has 0 aromatic heterocycles. The van der Waals surface area contributed by atoms with Crippen molar-refractivity contribution in [1.29, 1.82) is 0 Å². The first kappa shape index (κ1) is 17.1. The predicted octanol–water partition coefficient (Wildman–Crippen LogP) is 3.12. The summed E-state index contributed by atoms with van der Waals surface area (Å²) < 4.78 is 5.26. The van der Waals surface area contributed by atoms with Gasteiger partial charge in [0.1, 0.15) is 5.75 Å². The second-order valence-corrected chi connectivity index (χ2v) is 6.36. The zero-order chi connectivity index (χ0) is 16.0. The van der Waals surface area contributed by atoms with Crippen LogP contribution in [-0.2, 0) is 0 Å². The molecule has 1 heterocycles. The van der Waals surface area contributed by atoms with E-state index in [-0.39, 0.29) is 0 Å². The molecule has 0 atom stereocenters. The standard InChI is InChI=1S/C18H30N2O2/c1-4-18(21,5-2)14-20-11-9-15(10-12-20)19-16-7-6-8-17(13-16)22-3/h6-8,13,15,19,21H,4-5,9-12,14H2,1-3H3. The number of piperidine rings is 1. The molecular formula is C18H30N2O2. The maximum absolute atomic E-state index is 10.5. The highest BCUT2D eigenvalue weighted by molar-refractivity contribution is 5.48. The molecule has 0 aliphatic carbocycles. The van der Waals surface area contributed by atoms with E-state index in [1.807, 2.05) is 18.2 Å². The molecule has 1 aliphatic heterocycles. The highest BCUT2D eigenvalue weighted by atomic mass is 16.5. The summed E-state index contributed by atoms with van der Waals surface area (Å²) in [7, 11) is 1.69. The first-order valence-corrected chi connectivity index (χ1v) is 8.44. The topological polar surface area (TPSA) is 44.7 Å². The second-order valence-electron chi connectivity index (χ2n) is 6.36. The number of methoxy groups -OCH3 is 1. The van der Waals surface area contributed by atoms with Crippen molar-refractivity contribution in [2.24, 2.45) is 0 Å². The van der Waals surface area contributed by atoms with Gasteiger partial charge in [0.05, 0.1) is 12.7 Å². The van der Waals surface area contributed by atoms with E-state index in [2.05, 4.69) is 30.1 Å². The monoisotopic (exact) mass is 306 g/mol. The molecule has 0 unspecified atom stereocenters. The minimum atomic E-state index is -0.521. The maximum Gasteiger partial charge on any atom is 0.120 e. The van der Waals surface area contributed by atoms with Gasteiger partial charge in [-0.05, 0) is 37.8 Å². The lowest BCUT2D eigenvalue weighted by atomic mass is 9.95. The van der Waals surface area contributed by atoms with E-state index < -0.39 is 5.60 Å². The van der Waals surface area contributed by atoms with Gasteiger partial charge in [-0.1, -0.05) is 19.9 Å². The average Bonchev–Trinajstić information content (AvgIpc) is 2.57. The summed E-state index contributed by atoms with van der Waals surface area (Å²) >= 11 is 0. The van der Waals surface area contributed by atoms with Crippen molar-refractivity contribution in [1.82, 2.24) is 4.90 Å². The van der Waals surface area contributed by atoms with Crippen molar-refractivity contribution in [3.05, 3.63) is 24.3 Å². The average molecular weight is 306 g/mol. The fourth-order valence-electron chi connectivity index (χ4n) is 3.07. The predicted molar refractivity (Wildman–Crippen MR) is 91.6 cm³/mol. The number of hydrogen-bond acceptors (Lipinski definition) is 4. The summed E-state index contributed by atoms with van der Waals surface area (Å²) in [5.74, 6) is 0.887. The molecule has 4 nitrogen and oxygen atoms in total. The summed E-state index contributed by atoms with van der Waals surface area (Å²) in [6, 6.07) is 8.60. The third kappa shape index (κ3) is 4.62. The van der Waals surface area contributed by atoms with Gasteiger partial charge in [-0.15, -0.1) is 0 Å². The number of benzene rings is 1. The number of rotatable bonds is 7. The highest BCUT2D eigenvalue weighted by Gasteiger charge is 2.28.